The van der Waals surface area contributed by atoms with E-state index >= 15 is 0 Å². The molecule has 1 N–H and O–H groups in total. The highest BCUT2D eigenvalue weighted by molar-refractivity contribution is 6.22. The summed E-state index contributed by atoms with van der Waals surface area (Å²) in [5.41, 5.74) is -0.325. The van der Waals surface area contributed by atoms with Crippen LogP contribution in [0.5, 0.6) is 11.5 Å². The molecule has 2 aromatic carbocycles. The first-order chi connectivity index (χ1) is 13.0. The highest BCUT2D eigenvalue weighted by Crippen LogP contribution is 2.24. The molecule has 0 unspecified atom stereocenters. The summed E-state index contributed by atoms with van der Waals surface area (Å²) in [7, 11) is 1.56. The van der Waals surface area contributed by atoms with Gasteiger partial charge >= 0.3 is 0 Å². The Balaban J connectivity index is 1.48. The van der Waals surface area contributed by atoms with E-state index in [1.54, 1.807) is 31.4 Å². The monoisotopic (exact) mass is 372 g/mol. The number of methoxy groups -OCH3 is 1. The number of benzene rings is 2. The fourth-order valence-electron chi connectivity index (χ4n) is 2.67. The fraction of sp³-hybridized carbons (Fsp3) is 0.211. The summed E-state index contributed by atoms with van der Waals surface area (Å²) in [4.78, 5) is 37.1. The average Bonchev–Trinajstić information content (AvgIpc) is 2.91. The lowest BCUT2D eigenvalue weighted by molar-refractivity contribution is -0.121. The van der Waals surface area contributed by atoms with Crippen molar-refractivity contribution in [3.05, 3.63) is 59.4 Å². The minimum Gasteiger partial charge on any atom is -0.497 e. The van der Waals surface area contributed by atoms with E-state index in [-0.39, 0.29) is 24.3 Å². The van der Waals surface area contributed by atoms with Crippen molar-refractivity contribution in [1.82, 2.24) is 10.2 Å². The summed E-state index contributed by atoms with van der Waals surface area (Å²) in [5, 5.41) is 2.56. The van der Waals surface area contributed by atoms with E-state index in [2.05, 4.69) is 5.32 Å². The first kappa shape index (κ1) is 18.4. The number of halogens is 1. The van der Waals surface area contributed by atoms with Gasteiger partial charge in [-0.1, -0.05) is 6.07 Å². The Morgan fingerprint density at radius 3 is 2.44 bits per heavy atom. The molecule has 0 saturated carbocycles. The van der Waals surface area contributed by atoms with Gasteiger partial charge in [-0.05, 0) is 36.4 Å². The van der Waals surface area contributed by atoms with Gasteiger partial charge in [0.25, 0.3) is 11.8 Å². The predicted molar refractivity (Wildman–Crippen MR) is 93.3 cm³/mol. The number of ether oxygens (including phenoxy) is 2. The molecule has 3 rings (SSSR count). The van der Waals surface area contributed by atoms with E-state index in [4.69, 9.17) is 9.47 Å². The number of fused-ring (bicyclic) bond motifs is 1. The van der Waals surface area contributed by atoms with E-state index in [0.717, 1.165) is 11.0 Å². The molecule has 0 radical (unpaired) electrons. The first-order valence-electron chi connectivity index (χ1n) is 8.19. The van der Waals surface area contributed by atoms with Gasteiger partial charge in [0.05, 0.1) is 24.8 Å². The van der Waals surface area contributed by atoms with E-state index in [9.17, 15) is 18.8 Å². The maximum absolute atomic E-state index is 13.8. The number of hydrogen-bond acceptors (Lipinski definition) is 5. The number of amides is 3. The van der Waals surface area contributed by atoms with Crippen LogP contribution in [0.1, 0.15) is 20.7 Å². The standard InChI is InChI=1S/C19H17FN2O5/c1-26-12-5-7-13(8-6-12)27-10-9-21-16(23)11-22-18(24)14-3-2-4-15(20)17(14)19(22)25/h2-8H,9-11H2,1H3,(H,21,23). The van der Waals surface area contributed by atoms with Gasteiger partial charge in [0.2, 0.25) is 5.91 Å². The summed E-state index contributed by atoms with van der Waals surface area (Å²) in [6.07, 6.45) is 0. The number of rotatable bonds is 7. The van der Waals surface area contributed by atoms with Gasteiger partial charge in [0.15, 0.2) is 0 Å². The minimum atomic E-state index is -0.808. The number of carbonyl (C=O) groups is 3. The van der Waals surface area contributed by atoms with Crippen molar-refractivity contribution in [2.24, 2.45) is 0 Å². The van der Waals surface area contributed by atoms with Crippen LogP contribution in [0.2, 0.25) is 0 Å². The zero-order chi connectivity index (χ0) is 19.4. The molecular formula is C19H17FN2O5. The lowest BCUT2D eigenvalue weighted by Gasteiger charge is -2.14. The second-order valence-electron chi connectivity index (χ2n) is 5.73. The Labute approximate surface area is 154 Å². The SMILES string of the molecule is COc1ccc(OCCNC(=O)CN2C(=O)c3cccc(F)c3C2=O)cc1. The largest absolute Gasteiger partial charge is 0.497 e. The molecule has 8 heteroatoms. The van der Waals surface area contributed by atoms with Crippen molar-refractivity contribution in [2.75, 3.05) is 26.8 Å². The van der Waals surface area contributed by atoms with Crippen molar-refractivity contribution in [3.8, 4) is 11.5 Å². The molecule has 1 aliphatic heterocycles. The number of carbonyl (C=O) groups excluding carboxylic acids is 3. The zero-order valence-electron chi connectivity index (χ0n) is 14.5. The summed E-state index contributed by atoms with van der Waals surface area (Å²) in [6.45, 7) is -0.0917. The van der Waals surface area contributed by atoms with Gasteiger partial charge in [-0.25, -0.2) is 4.39 Å². The topological polar surface area (TPSA) is 84.9 Å². The fourth-order valence-corrected chi connectivity index (χ4v) is 2.67. The molecule has 0 atom stereocenters. The van der Waals surface area contributed by atoms with E-state index in [1.807, 2.05) is 0 Å². The first-order valence-corrected chi connectivity index (χ1v) is 8.19. The maximum Gasteiger partial charge on any atom is 0.265 e. The molecule has 2 aromatic rings. The lowest BCUT2D eigenvalue weighted by Crippen LogP contribution is -2.41. The van der Waals surface area contributed by atoms with Crippen molar-refractivity contribution in [3.63, 3.8) is 0 Å². The third kappa shape index (κ3) is 3.89. The smallest absolute Gasteiger partial charge is 0.265 e. The van der Waals surface area contributed by atoms with Crippen molar-refractivity contribution in [1.29, 1.82) is 0 Å². The Hall–Kier alpha value is -3.42. The molecule has 7 nitrogen and oxygen atoms in total. The zero-order valence-corrected chi connectivity index (χ0v) is 14.5. The summed E-state index contributed by atoms with van der Waals surface area (Å²) >= 11 is 0. The maximum atomic E-state index is 13.8. The van der Waals surface area contributed by atoms with Crippen molar-refractivity contribution < 1.29 is 28.2 Å². The highest BCUT2D eigenvalue weighted by atomic mass is 19.1. The Bertz CT molecular complexity index is 882. The second kappa shape index (κ2) is 7.86. The van der Waals surface area contributed by atoms with E-state index < -0.39 is 30.1 Å². The van der Waals surface area contributed by atoms with Crippen LogP contribution in [-0.4, -0.2) is 49.4 Å². The minimum absolute atomic E-state index is 0.0318. The third-order valence-electron chi connectivity index (χ3n) is 4.00. The molecule has 3 amide bonds. The number of nitrogens with one attached hydrogen (secondary N) is 1. The molecule has 0 fully saturated rings. The number of imide groups is 1. The van der Waals surface area contributed by atoms with Crippen LogP contribution in [0.15, 0.2) is 42.5 Å². The quantitative estimate of drug-likeness (QED) is 0.590. The Morgan fingerprint density at radius 1 is 1.07 bits per heavy atom. The highest BCUT2D eigenvalue weighted by Gasteiger charge is 2.38. The molecular weight excluding hydrogens is 355 g/mol. The van der Waals surface area contributed by atoms with Crippen LogP contribution < -0.4 is 14.8 Å². The van der Waals surface area contributed by atoms with Gasteiger partial charge in [0.1, 0.15) is 30.5 Å². The molecule has 0 bridgehead atoms. The van der Waals surface area contributed by atoms with Gasteiger partial charge in [-0.3, -0.25) is 19.3 Å². The number of hydrogen-bond donors (Lipinski definition) is 1. The molecule has 0 aromatic heterocycles. The summed E-state index contributed by atoms with van der Waals surface area (Å²) in [5.74, 6) is -1.49. The molecule has 1 aliphatic rings. The van der Waals surface area contributed by atoms with Crippen LogP contribution >= 0.6 is 0 Å². The molecule has 0 spiro atoms. The predicted octanol–water partition coefficient (Wildman–Crippen LogP) is 1.63. The van der Waals surface area contributed by atoms with Crippen molar-refractivity contribution >= 4 is 17.7 Å². The molecule has 0 saturated heterocycles. The van der Waals surface area contributed by atoms with Crippen LogP contribution in [0.25, 0.3) is 0 Å². The van der Waals surface area contributed by atoms with Gasteiger partial charge in [-0.15, -0.1) is 0 Å². The Morgan fingerprint density at radius 2 is 1.78 bits per heavy atom. The third-order valence-corrected chi connectivity index (χ3v) is 4.00. The van der Waals surface area contributed by atoms with Gasteiger partial charge in [0, 0.05) is 0 Å². The summed E-state index contributed by atoms with van der Waals surface area (Å²) in [6, 6.07) is 10.8. The van der Waals surface area contributed by atoms with Crippen LogP contribution in [0, 0.1) is 5.82 Å². The van der Waals surface area contributed by atoms with Crippen LogP contribution in [0.3, 0.4) is 0 Å². The molecule has 140 valence electrons. The van der Waals surface area contributed by atoms with Gasteiger partial charge < -0.3 is 14.8 Å². The van der Waals surface area contributed by atoms with Crippen LogP contribution in [-0.2, 0) is 4.79 Å². The van der Waals surface area contributed by atoms with Crippen LogP contribution in [0.4, 0.5) is 4.39 Å². The average molecular weight is 372 g/mol. The lowest BCUT2D eigenvalue weighted by atomic mass is 10.1. The molecule has 27 heavy (non-hydrogen) atoms. The molecule has 0 aliphatic carbocycles. The summed E-state index contributed by atoms with van der Waals surface area (Å²) < 4.78 is 24.3. The van der Waals surface area contributed by atoms with Gasteiger partial charge in [-0.2, -0.15) is 0 Å². The normalized spacial score (nSPS) is 12.7. The van der Waals surface area contributed by atoms with Crippen molar-refractivity contribution in [2.45, 2.75) is 0 Å². The van der Waals surface area contributed by atoms with E-state index in [1.165, 1.54) is 12.1 Å². The number of nitrogens with zero attached hydrogens (tertiary/aromatic N) is 1. The second-order valence-corrected chi connectivity index (χ2v) is 5.73. The van der Waals surface area contributed by atoms with E-state index in [0.29, 0.717) is 11.5 Å². The molecule has 1 heterocycles. The Kier molecular flexibility index (Phi) is 5.35.